The molecule has 2 rings (SSSR count). The van der Waals surface area contributed by atoms with Crippen molar-refractivity contribution in [3.8, 4) is 0 Å². The smallest absolute Gasteiger partial charge is 0.255 e. The van der Waals surface area contributed by atoms with E-state index in [1.54, 1.807) is 0 Å². The fraction of sp³-hybridized carbons (Fsp3) is 0.462. The van der Waals surface area contributed by atoms with Crippen LogP contribution in [0.4, 0.5) is 5.69 Å². The van der Waals surface area contributed by atoms with Crippen molar-refractivity contribution in [1.29, 1.82) is 0 Å². The molecule has 0 atom stereocenters. The molecule has 1 aliphatic heterocycles. The van der Waals surface area contributed by atoms with Crippen molar-refractivity contribution in [2.45, 2.75) is 13.3 Å². The molecule has 1 aromatic carbocycles. The lowest BCUT2D eigenvalue weighted by Gasteiger charge is -2.21. The Kier molecular flexibility index (Phi) is 3.94. The summed E-state index contributed by atoms with van der Waals surface area (Å²) < 4.78 is 0. The predicted molar refractivity (Wildman–Crippen MR) is 73.4 cm³/mol. The van der Waals surface area contributed by atoms with E-state index in [0.717, 1.165) is 36.6 Å². The van der Waals surface area contributed by atoms with E-state index in [4.69, 9.17) is 5.73 Å². The molecule has 1 aliphatic rings. The van der Waals surface area contributed by atoms with Crippen LogP contribution in [0.3, 0.4) is 0 Å². The number of carbonyl (C=O) groups is 1. The van der Waals surface area contributed by atoms with Crippen LogP contribution in [0.1, 0.15) is 22.3 Å². The summed E-state index contributed by atoms with van der Waals surface area (Å²) in [4.78, 5) is 14.3. The second-order valence-electron chi connectivity index (χ2n) is 4.35. The molecule has 1 saturated heterocycles. The predicted octanol–water partition coefficient (Wildman–Crippen LogP) is 2.16. The standard InChI is InChI=1S/C13H18N2OS/c1-10-3-4-12(14)11(9-10)13(16)15-5-2-7-17-8-6-15/h3-4,9H,2,5-8,14H2,1H3. The summed E-state index contributed by atoms with van der Waals surface area (Å²) in [7, 11) is 0. The summed E-state index contributed by atoms with van der Waals surface area (Å²) in [5.74, 6) is 2.25. The quantitative estimate of drug-likeness (QED) is 0.777. The van der Waals surface area contributed by atoms with Gasteiger partial charge in [0.15, 0.2) is 0 Å². The number of hydrogen-bond acceptors (Lipinski definition) is 3. The Bertz CT molecular complexity index is 412. The third kappa shape index (κ3) is 2.94. The number of nitrogens with two attached hydrogens (primary N) is 1. The Morgan fingerprint density at radius 1 is 1.35 bits per heavy atom. The number of amides is 1. The Labute approximate surface area is 106 Å². The molecule has 1 fully saturated rings. The number of anilines is 1. The maximum Gasteiger partial charge on any atom is 0.255 e. The van der Waals surface area contributed by atoms with Gasteiger partial charge in [0.2, 0.25) is 0 Å². The molecule has 0 saturated carbocycles. The first kappa shape index (κ1) is 12.3. The molecule has 1 amide bonds. The SMILES string of the molecule is Cc1ccc(N)c(C(=O)N2CCCSCC2)c1. The topological polar surface area (TPSA) is 46.3 Å². The second kappa shape index (κ2) is 5.45. The van der Waals surface area contributed by atoms with Gasteiger partial charge in [0, 0.05) is 24.5 Å². The maximum atomic E-state index is 12.4. The van der Waals surface area contributed by atoms with E-state index in [1.807, 2.05) is 41.8 Å². The molecule has 4 heteroatoms. The molecule has 1 heterocycles. The Morgan fingerprint density at radius 2 is 2.18 bits per heavy atom. The highest BCUT2D eigenvalue weighted by atomic mass is 32.2. The zero-order valence-corrected chi connectivity index (χ0v) is 10.9. The van der Waals surface area contributed by atoms with Gasteiger partial charge in [-0.25, -0.2) is 0 Å². The van der Waals surface area contributed by atoms with Crippen LogP contribution in [-0.4, -0.2) is 35.4 Å². The average Bonchev–Trinajstić information content (AvgIpc) is 2.60. The minimum absolute atomic E-state index is 0.0775. The monoisotopic (exact) mass is 250 g/mol. The Morgan fingerprint density at radius 3 is 3.00 bits per heavy atom. The van der Waals surface area contributed by atoms with Crippen molar-refractivity contribution < 1.29 is 4.79 Å². The number of nitrogens with zero attached hydrogens (tertiary/aromatic N) is 1. The van der Waals surface area contributed by atoms with Crippen molar-refractivity contribution in [1.82, 2.24) is 4.90 Å². The fourth-order valence-electron chi connectivity index (χ4n) is 1.97. The zero-order chi connectivity index (χ0) is 12.3. The lowest BCUT2D eigenvalue weighted by Crippen LogP contribution is -2.33. The summed E-state index contributed by atoms with van der Waals surface area (Å²) >= 11 is 1.91. The average molecular weight is 250 g/mol. The van der Waals surface area contributed by atoms with Crippen LogP contribution in [-0.2, 0) is 0 Å². The van der Waals surface area contributed by atoms with Gasteiger partial charge in [-0.2, -0.15) is 11.8 Å². The van der Waals surface area contributed by atoms with Crippen LogP contribution < -0.4 is 5.73 Å². The Hall–Kier alpha value is -1.16. The van der Waals surface area contributed by atoms with Gasteiger partial charge in [-0.05, 0) is 31.2 Å². The second-order valence-corrected chi connectivity index (χ2v) is 5.57. The molecule has 0 spiro atoms. The van der Waals surface area contributed by atoms with Crippen LogP contribution in [0.15, 0.2) is 18.2 Å². The lowest BCUT2D eigenvalue weighted by molar-refractivity contribution is 0.0769. The fourth-order valence-corrected chi connectivity index (χ4v) is 2.86. The van der Waals surface area contributed by atoms with Crippen LogP contribution in [0, 0.1) is 6.92 Å². The molecular weight excluding hydrogens is 232 g/mol. The minimum Gasteiger partial charge on any atom is -0.398 e. The van der Waals surface area contributed by atoms with Crippen LogP contribution in [0.2, 0.25) is 0 Å². The number of aryl methyl sites for hydroxylation is 1. The minimum atomic E-state index is 0.0775. The zero-order valence-electron chi connectivity index (χ0n) is 10.1. The van der Waals surface area contributed by atoms with Crippen LogP contribution in [0.25, 0.3) is 0 Å². The molecule has 2 N–H and O–H groups in total. The van der Waals surface area contributed by atoms with E-state index < -0.39 is 0 Å². The molecular formula is C13H18N2OS. The van der Waals surface area contributed by atoms with Gasteiger partial charge in [-0.1, -0.05) is 11.6 Å². The van der Waals surface area contributed by atoms with E-state index in [0.29, 0.717) is 11.3 Å². The van der Waals surface area contributed by atoms with Crippen molar-refractivity contribution in [2.24, 2.45) is 0 Å². The summed E-state index contributed by atoms with van der Waals surface area (Å²) in [5.41, 5.74) is 8.19. The summed E-state index contributed by atoms with van der Waals surface area (Å²) in [6, 6.07) is 5.63. The summed E-state index contributed by atoms with van der Waals surface area (Å²) in [6.07, 6.45) is 1.07. The van der Waals surface area contributed by atoms with Gasteiger partial charge in [0.25, 0.3) is 5.91 Å². The normalized spacial score (nSPS) is 16.6. The summed E-state index contributed by atoms with van der Waals surface area (Å²) in [5, 5.41) is 0. The van der Waals surface area contributed by atoms with Crippen molar-refractivity contribution >= 4 is 23.4 Å². The van der Waals surface area contributed by atoms with Crippen molar-refractivity contribution in [3.63, 3.8) is 0 Å². The lowest BCUT2D eigenvalue weighted by atomic mass is 10.1. The first-order valence-corrected chi connectivity index (χ1v) is 7.07. The molecule has 0 aliphatic carbocycles. The van der Waals surface area contributed by atoms with Gasteiger partial charge < -0.3 is 10.6 Å². The molecule has 0 radical (unpaired) electrons. The van der Waals surface area contributed by atoms with Crippen LogP contribution >= 0.6 is 11.8 Å². The van der Waals surface area contributed by atoms with Crippen LogP contribution in [0.5, 0.6) is 0 Å². The molecule has 0 bridgehead atoms. The van der Waals surface area contributed by atoms with E-state index in [2.05, 4.69) is 0 Å². The van der Waals surface area contributed by atoms with Crippen molar-refractivity contribution in [2.75, 3.05) is 30.3 Å². The maximum absolute atomic E-state index is 12.4. The molecule has 1 aromatic rings. The van der Waals surface area contributed by atoms with Gasteiger partial charge in [-0.3, -0.25) is 4.79 Å². The van der Waals surface area contributed by atoms with E-state index in [-0.39, 0.29) is 5.91 Å². The highest BCUT2D eigenvalue weighted by molar-refractivity contribution is 7.99. The first-order valence-electron chi connectivity index (χ1n) is 5.91. The van der Waals surface area contributed by atoms with E-state index in [9.17, 15) is 4.79 Å². The largest absolute Gasteiger partial charge is 0.398 e. The summed E-state index contributed by atoms with van der Waals surface area (Å²) in [6.45, 7) is 3.66. The number of nitrogen functional groups attached to an aromatic ring is 1. The van der Waals surface area contributed by atoms with Gasteiger partial charge in [0.05, 0.1) is 5.56 Å². The molecule has 0 aromatic heterocycles. The number of benzene rings is 1. The highest BCUT2D eigenvalue weighted by Crippen LogP contribution is 2.18. The van der Waals surface area contributed by atoms with E-state index in [1.165, 1.54) is 0 Å². The van der Waals surface area contributed by atoms with Gasteiger partial charge in [0.1, 0.15) is 0 Å². The Balaban J connectivity index is 2.20. The molecule has 17 heavy (non-hydrogen) atoms. The first-order chi connectivity index (χ1) is 8.18. The number of rotatable bonds is 1. The molecule has 92 valence electrons. The number of carbonyl (C=O) groups excluding carboxylic acids is 1. The number of thioether (sulfide) groups is 1. The third-order valence-electron chi connectivity index (χ3n) is 2.95. The third-order valence-corrected chi connectivity index (χ3v) is 4.00. The van der Waals surface area contributed by atoms with E-state index >= 15 is 0 Å². The highest BCUT2D eigenvalue weighted by Gasteiger charge is 2.19. The van der Waals surface area contributed by atoms with Gasteiger partial charge >= 0.3 is 0 Å². The molecule has 0 unspecified atom stereocenters. The van der Waals surface area contributed by atoms with Gasteiger partial charge in [-0.15, -0.1) is 0 Å². The number of hydrogen-bond donors (Lipinski definition) is 1. The molecule has 3 nitrogen and oxygen atoms in total. The van der Waals surface area contributed by atoms with Crippen molar-refractivity contribution in [3.05, 3.63) is 29.3 Å².